The Bertz CT molecular complexity index is 1130. The Labute approximate surface area is 194 Å². The second-order valence-electron chi connectivity index (χ2n) is 8.29. The lowest BCUT2D eigenvalue weighted by molar-refractivity contribution is 0.0925. The van der Waals surface area contributed by atoms with Gasteiger partial charge >= 0.3 is 0 Å². The number of methoxy groups -OCH3 is 2. The molecule has 0 spiro atoms. The first kappa shape index (κ1) is 22.8. The number of nitrogens with one attached hydrogen (secondary N) is 1. The fourth-order valence-electron chi connectivity index (χ4n) is 4.44. The van der Waals surface area contributed by atoms with E-state index in [1.165, 1.54) is 17.7 Å². The number of carbonyl (C=O) groups excluding carboxylic acids is 1. The number of hydrogen-bond acceptors (Lipinski definition) is 4. The molecule has 6 heteroatoms. The first-order valence-corrected chi connectivity index (χ1v) is 11.1. The highest BCUT2D eigenvalue weighted by Crippen LogP contribution is 2.38. The summed E-state index contributed by atoms with van der Waals surface area (Å²) in [4.78, 5) is 15.2. The van der Waals surface area contributed by atoms with Crippen molar-refractivity contribution in [3.05, 3.63) is 94.3 Å². The number of aryl methyl sites for hydroxylation is 1. The first-order chi connectivity index (χ1) is 16.0. The molecular formula is C27H29FN2O3. The zero-order valence-electron chi connectivity index (χ0n) is 19.2. The van der Waals surface area contributed by atoms with Crippen LogP contribution in [0.4, 0.5) is 4.39 Å². The van der Waals surface area contributed by atoms with Crippen LogP contribution in [0.25, 0.3) is 0 Å². The highest BCUT2D eigenvalue weighted by atomic mass is 19.1. The molecule has 4 rings (SSSR count). The van der Waals surface area contributed by atoms with Crippen molar-refractivity contribution in [3.8, 4) is 11.5 Å². The number of rotatable bonds is 7. The maximum absolute atomic E-state index is 13.4. The van der Waals surface area contributed by atoms with E-state index in [2.05, 4.69) is 10.2 Å². The molecule has 0 radical (unpaired) electrons. The van der Waals surface area contributed by atoms with Gasteiger partial charge in [-0.2, -0.15) is 0 Å². The summed E-state index contributed by atoms with van der Waals surface area (Å²) in [5.41, 5.74) is 4.92. The van der Waals surface area contributed by atoms with E-state index in [9.17, 15) is 9.18 Å². The van der Waals surface area contributed by atoms with Crippen molar-refractivity contribution < 1.29 is 18.7 Å². The van der Waals surface area contributed by atoms with Crippen molar-refractivity contribution in [2.75, 3.05) is 27.3 Å². The van der Waals surface area contributed by atoms with Crippen LogP contribution in [-0.2, 0) is 13.0 Å². The van der Waals surface area contributed by atoms with E-state index >= 15 is 0 Å². The van der Waals surface area contributed by atoms with Crippen molar-refractivity contribution in [1.29, 1.82) is 0 Å². The molecule has 0 fully saturated rings. The van der Waals surface area contributed by atoms with E-state index in [0.717, 1.165) is 29.7 Å². The van der Waals surface area contributed by atoms with Crippen molar-refractivity contribution in [2.45, 2.75) is 25.9 Å². The van der Waals surface area contributed by atoms with Crippen molar-refractivity contribution >= 4 is 5.91 Å². The van der Waals surface area contributed by atoms with Crippen LogP contribution in [0.2, 0.25) is 0 Å². The van der Waals surface area contributed by atoms with E-state index in [-0.39, 0.29) is 17.8 Å². The second-order valence-corrected chi connectivity index (χ2v) is 8.29. The fourth-order valence-corrected chi connectivity index (χ4v) is 4.44. The van der Waals surface area contributed by atoms with Gasteiger partial charge in [-0.15, -0.1) is 0 Å². The molecule has 0 saturated carbocycles. The molecule has 3 aromatic carbocycles. The quantitative estimate of drug-likeness (QED) is 0.570. The minimum absolute atomic E-state index is 0.0634. The Morgan fingerprint density at radius 3 is 2.45 bits per heavy atom. The SMILES string of the molecule is COc1cc2c(cc1OC)[C@H](CNC(=O)c1ccccc1C)N(Cc1ccc(F)cc1)CC2. The zero-order chi connectivity index (χ0) is 23.4. The Morgan fingerprint density at radius 2 is 1.76 bits per heavy atom. The molecule has 0 unspecified atom stereocenters. The summed E-state index contributed by atoms with van der Waals surface area (Å²) < 4.78 is 24.5. The van der Waals surface area contributed by atoms with Gasteiger partial charge in [0.15, 0.2) is 11.5 Å². The number of halogens is 1. The van der Waals surface area contributed by atoms with Gasteiger partial charge in [0, 0.05) is 25.2 Å². The van der Waals surface area contributed by atoms with Gasteiger partial charge in [0.05, 0.1) is 20.3 Å². The van der Waals surface area contributed by atoms with Gasteiger partial charge in [-0.05, 0) is 65.9 Å². The van der Waals surface area contributed by atoms with Gasteiger partial charge in [0.25, 0.3) is 5.91 Å². The summed E-state index contributed by atoms with van der Waals surface area (Å²) in [6.45, 7) is 3.84. The molecule has 172 valence electrons. The lowest BCUT2D eigenvalue weighted by atomic mass is 9.91. The summed E-state index contributed by atoms with van der Waals surface area (Å²) in [5.74, 6) is 1.02. The minimum atomic E-state index is -0.249. The third-order valence-corrected chi connectivity index (χ3v) is 6.26. The molecule has 33 heavy (non-hydrogen) atoms. The summed E-state index contributed by atoms with van der Waals surface area (Å²) >= 11 is 0. The van der Waals surface area contributed by atoms with E-state index in [0.29, 0.717) is 30.2 Å². The number of ether oxygens (including phenoxy) is 2. The van der Waals surface area contributed by atoms with E-state index in [4.69, 9.17) is 9.47 Å². The average molecular weight is 449 g/mol. The molecular weight excluding hydrogens is 419 g/mol. The summed E-state index contributed by atoms with van der Waals surface area (Å²) in [7, 11) is 3.26. The van der Waals surface area contributed by atoms with Gasteiger partial charge in [-0.1, -0.05) is 30.3 Å². The first-order valence-electron chi connectivity index (χ1n) is 11.1. The van der Waals surface area contributed by atoms with Gasteiger partial charge < -0.3 is 14.8 Å². The van der Waals surface area contributed by atoms with Crippen molar-refractivity contribution in [3.63, 3.8) is 0 Å². The number of amides is 1. The van der Waals surface area contributed by atoms with Gasteiger partial charge in [-0.25, -0.2) is 4.39 Å². The molecule has 5 nitrogen and oxygen atoms in total. The van der Waals surface area contributed by atoms with Crippen LogP contribution < -0.4 is 14.8 Å². The zero-order valence-corrected chi connectivity index (χ0v) is 19.2. The molecule has 0 saturated heterocycles. The number of nitrogens with zero attached hydrogens (tertiary/aromatic N) is 1. The van der Waals surface area contributed by atoms with Crippen LogP contribution in [0.3, 0.4) is 0 Å². The van der Waals surface area contributed by atoms with E-state index < -0.39 is 0 Å². The lowest BCUT2D eigenvalue weighted by Gasteiger charge is -2.38. The highest BCUT2D eigenvalue weighted by molar-refractivity contribution is 5.95. The Kier molecular flexibility index (Phi) is 6.94. The predicted molar refractivity (Wildman–Crippen MR) is 126 cm³/mol. The third kappa shape index (κ3) is 5.01. The standard InChI is InChI=1S/C27H29FN2O3/c1-18-6-4-5-7-22(18)27(31)29-16-24-23-15-26(33-3)25(32-2)14-20(23)12-13-30(24)17-19-8-10-21(28)11-9-19/h4-11,14-15,24H,12-13,16-17H2,1-3H3,(H,29,31)/t24-/m0/s1. The van der Waals surface area contributed by atoms with Crippen molar-refractivity contribution in [2.24, 2.45) is 0 Å². The molecule has 1 N–H and O–H groups in total. The Morgan fingerprint density at radius 1 is 1.06 bits per heavy atom. The van der Waals surface area contributed by atoms with Crippen molar-refractivity contribution in [1.82, 2.24) is 10.2 Å². The van der Waals surface area contributed by atoms with E-state index in [1.807, 2.05) is 55.5 Å². The van der Waals surface area contributed by atoms with Crippen LogP contribution in [0, 0.1) is 12.7 Å². The molecule has 0 aromatic heterocycles. The minimum Gasteiger partial charge on any atom is -0.493 e. The van der Waals surface area contributed by atoms with Crippen LogP contribution >= 0.6 is 0 Å². The number of benzene rings is 3. The third-order valence-electron chi connectivity index (χ3n) is 6.26. The van der Waals surface area contributed by atoms with Crippen LogP contribution in [-0.4, -0.2) is 38.1 Å². The number of carbonyl (C=O) groups is 1. The molecule has 1 amide bonds. The Balaban J connectivity index is 1.63. The molecule has 1 heterocycles. The average Bonchev–Trinajstić information content (AvgIpc) is 2.83. The maximum atomic E-state index is 13.4. The largest absolute Gasteiger partial charge is 0.493 e. The van der Waals surface area contributed by atoms with Crippen LogP contribution in [0.1, 0.15) is 38.7 Å². The molecule has 1 atom stereocenters. The number of fused-ring (bicyclic) bond motifs is 1. The molecule has 0 aliphatic carbocycles. The van der Waals surface area contributed by atoms with Crippen LogP contribution in [0.5, 0.6) is 11.5 Å². The molecule has 3 aromatic rings. The van der Waals surface area contributed by atoms with Gasteiger partial charge in [-0.3, -0.25) is 9.69 Å². The smallest absolute Gasteiger partial charge is 0.251 e. The van der Waals surface area contributed by atoms with Gasteiger partial charge in [0.2, 0.25) is 0 Å². The normalized spacial score (nSPS) is 15.6. The fraction of sp³-hybridized carbons (Fsp3) is 0.296. The van der Waals surface area contributed by atoms with E-state index in [1.54, 1.807) is 14.2 Å². The lowest BCUT2D eigenvalue weighted by Crippen LogP contribution is -2.42. The predicted octanol–water partition coefficient (Wildman–Crippen LogP) is 4.68. The second kappa shape index (κ2) is 10.0. The molecule has 0 bridgehead atoms. The maximum Gasteiger partial charge on any atom is 0.251 e. The molecule has 1 aliphatic rings. The topological polar surface area (TPSA) is 50.8 Å². The van der Waals surface area contributed by atoms with Crippen LogP contribution in [0.15, 0.2) is 60.7 Å². The summed E-state index contributed by atoms with van der Waals surface area (Å²) in [6, 6.07) is 18.1. The molecule has 1 aliphatic heterocycles. The summed E-state index contributed by atoms with van der Waals surface area (Å²) in [5, 5.41) is 3.13. The number of hydrogen-bond donors (Lipinski definition) is 1. The van der Waals surface area contributed by atoms with Gasteiger partial charge in [0.1, 0.15) is 5.82 Å². The highest BCUT2D eigenvalue weighted by Gasteiger charge is 2.29. The Hall–Kier alpha value is -3.38. The summed E-state index contributed by atoms with van der Waals surface area (Å²) in [6.07, 6.45) is 0.846. The monoisotopic (exact) mass is 448 g/mol.